The van der Waals surface area contributed by atoms with Gasteiger partial charge >= 0.3 is 6.03 Å². The number of hydrogen-bond acceptors (Lipinski definition) is 7. The average molecular weight is 734 g/mol. The van der Waals surface area contributed by atoms with Crippen LogP contribution in [0.1, 0.15) is 131 Å². The Morgan fingerprint density at radius 1 is 0.863 bits per heavy atom. The molecule has 0 aromatic carbocycles. The lowest BCUT2D eigenvalue weighted by Crippen LogP contribution is -2.65. The highest BCUT2D eigenvalue weighted by Gasteiger charge is 2.70. The molecule has 5 amide bonds. The molecule has 51 heavy (non-hydrogen) atoms. The Bertz CT molecular complexity index is 1470. The van der Waals surface area contributed by atoms with E-state index in [1.807, 2.05) is 6.92 Å². The molecule has 0 aromatic heterocycles. The van der Waals surface area contributed by atoms with Crippen LogP contribution in [0.5, 0.6) is 0 Å². The Balaban J connectivity index is 1.40. The highest BCUT2D eigenvalue weighted by atomic mass is 32.2. The molecule has 5 fully saturated rings. The number of Topliss-reactive ketones (excluding diaryl/α,β-unsaturated/α-hetero) is 1. The molecule has 4 N–H and O–H groups in total. The first-order chi connectivity index (χ1) is 23.8. The number of nitrogens with one attached hydrogen (secondary N) is 4. The standard InChI is InChI=1S/C38H63N5O7S/c1-35(2,3)51(49,50)23-38(20-12-9-13-21-38)42-34(48)41-30(37(6)18-10-8-11-19-37)33(47)43-22-25-27(36(25,4)5)28(43)31(45)40-26(17-16-24-14-15-24)29(44)32(46)39-7/h24-28,30H,8-23H2,1-7H3,(H,39,46)(H,40,45)(H2,41,42,48)/t25-,26?,27-,28-,30+/m0/s1. The molecule has 0 spiro atoms. The third kappa shape index (κ3) is 8.43. The Hall–Kier alpha value is -2.70. The number of sulfone groups is 1. The van der Waals surface area contributed by atoms with Crippen molar-refractivity contribution >= 4 is 39.4 Å². The molecule has 0 aromatic rings. The van der Waals surface area contributed by atoms with E-state index in [4.69, 9.17) is 0 Å². The van der Waals surface area contributed by atoms with Gasteiger partial charge in [0.25, 0.3) is 5.91 Å². The summed E-state index contributed by atoms with van der Waals surface area (Å²) in [6, 6.07) is -3.33. The number of urea groups is 1. The first kappa shape index (κ1) is 39.5. The van der Waals surface area contributed by atoms with Crippen LogP contribution in [0.4, 0.5) is 4.79 Å². The van der Waals surface area contributed by atoms with Crippen LogP contribution in [0.3, 0.4) is 0 Å². The van der Waals surface area contributed by atoms with Gasteiger partial charge < -0.3 is 26.2 Å². The van der Waals surface area contributed by atoms with Crippen LogP contribution in [0, 0.1) is 28.6 Å². The lowest BCUT2D eigenvalue weighted by atomic mass is 9.70. The lowest BCUT2D eigenvalue weighted by Gasteiger charge is -2.44. The number of likely N-dealkylation sites (N-methyl/N-ethyl adjacent to an activating group) is 1. The van der Waals surface area contributed by atoms with Crippen LogP contribution >= 0.6 is 0 Å². The van der Waals surface area contributed by atoms with Crippen LogP contribution in [-0.2, 0) is 29.0 Å². The van der Waals surface area contributed by atoms with Gasteiger partial charge in [0.05, 0.1) is 22.1 Å². The highest BCUT2D eigenvalue weighted by molar-refractivity contribution is 7.92. The molecule has 0 bridgehead atoms. The normalized spacial score (nSPS) is 27.7. The second kappa shape index (κ2) is 14.6. The lowest BCUT2D eigenvalue weighted by molar-refractivity contribution is -0.146. The third-order valence-electron chi connectivity index (χ3n) is 13.2. The molecule has 13 heteroatoms. The van der Waals surface area contributed by atoms with Crippen molar-refractivity contribution in [2.24, 2.45) is 28.6 Å². The summed E-state index contributed by atoms with van der Waals surface area (Å²) >= 11 is 0. The van der Waals surface area contributed by atoms with Crippen molar-refractivity contribution in [2.75, 3.05) is 19.3 Å². The van der Waals surface area contributed by atoms with E-state index < -0.39 is 67.3 Å². The van der Waals surface area contributed by atoms with Crippen molar-refractivity contribution in [2.45, 2.75) is 160 Å². The Morgan fingerprint density at radius 2 is 1.45 bits per heavy atom. The van der Waals surface area contributed by atoms with Crippen LogP contribution < -0.4 is 21.3 Å². The number of carbonyl (C=O) groups is 5. The highest BCUT2D eigenvalue weighted by Crippen LogP contribution is 2.65. The molecule has 1 heterocycles. The number of carbonyl (C=O) groups excluding carboxylic acids is 5. The second-order valence-electron chi connectivity index (χ2n) is 18.4. The number of fused-ring (bicyclic) bond motifs is 1. The first-order valence-electron chi connectivity index (χ1n) is 19.4. The van der Waals surface area contributed by atoms with E-state index in [9.17, 15) is 32.4 Å². The Kier molecular flexibility index (Phi) is 11.3. The molecule has 4 aliphatic carbocycles. The fourth-order valence-electron chi connectivity index (χ4n) is 9.30. The van der Waals surface area contributed by atoms with E-state index in [-0.39, 0.29) is 28.9 Å². The number of ketones is 1. The SMILES string of the molecule is CNC(=O)C(=O)C(CCC1CC1)NC(=O)[C@@H]1[C@@H]2[C@H](CN1C(=O)[C@@H](NC(=O)NC1(CS(=O)(=O)C(C)(C)C)CCCCC1)C1(C)CCCCC1)C2(C)C. The van der Waals surface area contributed by atoms with Crippen molar-refractivity contribution < 1.29 is 32.4 Å². The van der Waals surface area contributed by atoms with Gasteiger partial charge in [-0.25, -0.2) is 13.2 Å². The maximum Gasteiger partial charge on any atom is 0.315 e. The largest absolute Gasteiger partial charge is 0.353 e. The van der Waals surface area contributed by atoms with Gasteiger partial charge in [-0.2, -0.15) is 0 Å². The molecule has 5 atom stereocenters. The summed E-state index contributed by atoms with van der Waals surface area (Å²) < 4.78 is 25.9. The van der Waals surface area contributed by atoms with Crippen LogP contribution in [0.2, 0.25) is 0 Å². The second-order valence-corrected chi connectivity index (χ2v) is 21.1. The quantitative estimate of drug-likeness (QED) is 0.207. The number of piperidine rings is 1. The molecule has 1 unspecified atom stereocenters. The maximum absolute atomic E-state index is 14.9. The van der Waals surface area contributed by atoms with Gasteiger partial charge in [-0.05, 0) is 87.9 Å². The average Bonchev–Trinajstić information content (AvgIpc) is 3.92. The fraction of sp³-hybridized carbons (Fsp3) is 0.868. The molecule has 288 valence electrons. The topological polar surface area (TPSA) is 171 Å². The molecule has 1 aliphatic heterocycles. The summed E-state index contributed by atoms with van der Waals surface area (Å²) in [6.45, 7) is 11.6. The number of likely N-dealkylation sites (tertiary alicyclic amines) is 1. The smallest absolute Gasteiger partial charge is 0.315 e. The van der Waals surface area contributed by atoms with E-state index in [1.54, 1.807) is 25.7 Å². The zero-order valence-corrected chi connectivity index (χ0v) is 32.8. The minimum Gasteiger partial charge on any atom is -0.353 e. The van der Waals surface area contributed by atoms with E-state index in [0.29, 0.717) is 31.7 Å². The third-order valence-corrected chi connectivity index (χ3v) is 16.0. The van der Waals surface area contributed by atoms with Gasteiger partial charge in [0.15, 0.2) is 9.84 Å². The Labute approximate surface area is 305 Å². The van der Waals surface area contributed by atoms with Crippen molar-refractivity contribution in [3.05, 3.63) is 0 Å². The number of nitrogens with zero attached hydrogens (tertiary/aromatic N) is 1. The predicted molar refractivity (Wildman–Crippen MR) is 195 cm³/mol. The summed E-state index contributed by atoms with van der Waals surface area (Å²) in [5.41, 5.74) is -1.70. The van der Waals surface area contributed by atoms with E-state index in [2.05, 4.69) is 35.1 Å². The van der Waals surface area contributed by atoms with Gasteiger partial charge in [0.2, 0.25) is 17.6 Å². The van der Waals surface area contributed by atoms with Crippen molar-refractivity contribution in [3.63, 3.8) is 0 Å². The predicted octanol–water partition coefficient (Wildman–Crippen LogP) is 4.01. The van der Waals surface area contributed by atoms with E-state index >= 15 is 0 Å². The zero-order valence-electron chi connectivity index (χ0n) is 32.0. The summed E-state index contributed by atoms with van der Waals surface area (Å²) in [5, 5.41) is 11.4. The van der Waals surface area contributed by atoms with Crippen molar-refractivity contribution in [3.8, 4) is 0 Å². The molecular formula is C38H63N5O7S. The van der Waals surface area contributed by atoms with Gasteiger partial charge in [0.1, 0.15) is 12.1 Å². The van der Waals surface area contributed by atoms with Gasteiger partial charge in [-0.1, -0.05) is 72.1 Å². The molecule has 5 aliphatic rings. The van der Waals surface area contributed by atoms with Gasteiger partial charge in [0, 0.05) is 13.6 Å². The first-order valence-corrected chi connectivity index (χ1v) is 21.1. The summed E-state index contributed by atoms with van der Waals surface area (Å²) in [7, 11) is -2.17. The molecule has 12 nitrogen and oxygen atoms in total. The summed E-state index contributed by atoms with van der Waals surface area (Å²) in [4.78, 5) is 70.3. The molecular weight excluding hydrogens is 671 g/mol. The van der Waals surface area contributed by atoms with Crippen LogP contribution in [0.25, 0.3) is 0 Å². The van der Waals surface area contributed by atoms with Crippen LogP contribution in [-0.4, -0.2) is 90.6 Å². The van der Waals surface area contributed by atoms with E-state index in [0.717, 1.165) is 70.6 Å². The van der Waals surface area contributed by atoms with Gasteiger partial charge in [-0.15, -0.1) is 0 Å². The van der Waals surface area contributed by atoms with Crippen LogP contribution in [0.15, 0.2) is 0 Å². The number of rotatable bonds is 13. The number of hydrogen-bond donors (Lipinski definition) is 4. The Morgan fingerprint density at radius 3 is 2.00 bits per heavy atom. The van der Waals surface area contributed by atoms with Gasteiger partial charge in [-0.3, -0.25) is 19.2 Å². The zero-order chi connectivity index (χ0) is 37.6. The van der Waals surface area contributed by atoms with E-state index in [1.165, 1.54) is 7.05 Å². The minimum atomic E-state index is -3.56. The van der Waals surface area contributed by atoms with Crippen molar-refractivity contribution in [1.29, 1.82) is 0 Å². The monoisotopic (exact) mass is 733 g/mol. The molecule has 0 radical (unpaired) electrons. The molecule has 1 saturated heterocycles. The number of amides is 5. The maximum atomic E-state index is 14.9. The fourth-order valence-corrected chi connectivity index (χ4v) is 10.8. The molecule has 5 rings (SSSR count). The van der Waals surface area contributed by atoms with Crippen molar-refractivity contribution in [1.82, 2.24) is 26.2 Å². The molecule has 4 saturated carbocycles. The minimum absolute atomic E-state index is 0.0820. The summed E-state index contributed by atoms with van der Waals surface area (Å²) in [6.07, 6.45) is 11.2. The summed E-state index contributed by atoms with van der Waals surface area (Å²) in [5.74, 6) is -1.93.